The molecule has 1 heterocycles. The maximum absolute atomic E-state index is 11.9. The summed E-state index contributed by atoms with van der Waals surface area (Å²) in [6.45, 7) is 1.72. The summed E-state index contributed by atoms with van der Waals surface area (Å²) in [6.07, 6.45) is 4.45. The van der Waals surface area contributed by atoms with Gasteiger partial charge in [0.05, 0.1) is 5.25 Å². The number of hydrogen-bond acceptors (Lipinski definition) is 3. The Morgan fingerprint density at radius 2 is 1.88 bits per heavy atom. The third kappa shape index (κ3) is 5.29. The Hall–Kier alpha value is 0.600. The Bertz CT molecular complexity index is 276. The van der Waals surface area contributed by atoms with Crippen LogP contribution in [0, 0.1) is 0 Å². The quantitative estimate of drug-likeness (QED) is 0.427. The molecule has 0 unspecified atom stereocenters. The molecule has 0 atom stereocenters. The van der Waals surface area contributed by atoms with Gasteiger partial charge in [-0.1, -0.05) is 29.0 Å². The Kier molecular flexibility index (Phi) is 7.18. The van der Waals surface area contributed by atoms with Gasteiger partial charge in [-0.3, -0.25) is 0 Å². The van der Waals surface area contributed by atoms with E-state index in [1.165, 1.54) is 6.42 Å². The predicted molar refractivity (Wildman–Crippen MR) is 73.5 cm³/mol. The highest BCUT2D eigenvalue weighted by atomic mass is 127. The van der Waals surface area contributed by atoms with Crippen LogP contribution in [0.1, 0.15) is 32.1 Å². The molecule has 0 radical (unpaired) electrons. The van der Waals surface area contributed by atoms with E-state index in [9.17, 15) is 8.42 Å². The molecule has 0 saturated carbocycles. The van der Waals surface area contributed by atoms with Crippen LogP contribution in [0.4, 0.5) is 0 Å². The largest absolute Gasteiger partial charge is 0.381 e. The molecule has 0 spiro atoms. The maximum atomic E-state index is 11.9. The molecule has 1 saturated heterocycles. The van der Waals surface area contributed by atoms with Gasteiger partial charge in [0.1, 0.15) is 0 Å². The van der Waals surface area contributed by atoms with Gasteiger partial charge >= 0.3 is 0 Å². The van der Waals surface area contributed by atoms with E-state index in [0.717, 1.165) is 17.3 Å². The number of sulfonamides is 1. The van der Waals surface area contributed by atoms with Crippen LogP contribution in [-0.2, 0) is 14.8 Å². The highest BCUT2D eigenvalue weighted by Gasteiger charge is 2.26. The molecule has 1 aliphatic rings. The van der Waals surface area contributed by atoms with E-state index in [2.05, 4.69) is 27.3 Å². The van der Waals surface area contributed by atoms with Crippen LogP contribution in [0.5, 0.6) is 0 Å². The number of hydrogen-bond donors (Lipinski definition) is 1. The monoisotopic (exact) mass is 361 g/mol. The van der Waals surface area contributed by atoms with Gasteiger partial charge in [-0.2, -0.15) is 0 Å². The van der Waals surface area contributed by atoms with Crippen molar-refractivity contribution in [2.75, 3.05) is 24.2 Å². The maximum Gasteiger partial charge on any atom is 0.214 e. The summed E-state index contributed by atoms with van der Waals surface area (Å²) in [5.41, 5.74) is 0. The molecule has 1 N–H and O–H groups in total. The lowest BCUT2D eigenvalue weighted by atomic mass is 10.2. The Morgan fingerprint density at radius 1 is 1.19 bits per heavy atom. The summed E-state index contributed by atoms with van der Waals surface area (Å²) in [5.74, 6) is 0. The van der Waals surface area contributed by atoms with Crippen LogP contribution in [0.3, 0.4) is 0 Å². The molecule has 1 rings (SSSR count). The predicted octanol–water partition coefficient (Wildman–Crippen LogP) is 1.69. The van der Waals surface area contributed by atoms with Gasteiger partial charge in [-0.05, 0) is 30.1 Å². The lowest BCUT2D eigenvalue weighted by Crippen LogP contribution is -2.38. The van der Waals surface area contributed by atoms with E-state index in [4.69, 9.17) is 4.74 Å². The molecule has 0 aromatic carbocycles. The first kappa shape index (κ1) is 14.7. The number of rotatable bonds is 7. The van der Waals surface area contributed by atoms with E-state index >= 15 is 0 Å². The number of nitrogens with one attached hydrogen (secondary N) is 1. The number of unbranched alkanes of at least 4 members (excludes halogenated alkanes) is 2. The molecule has 1 fully saturated rings. The summed E-state index contributed by atoms with van der Waals surface area (Å²) in [5, 5.41) is -0.245. The fraction of sp³-hybridized carbons (Fsp3) is 1.00. The fourth-order valence-electron chi connectivity index (χ4n) is 1.71. The molecule has 0 aromatic rings. The lowest BCUT2D eigenvalue weighted by Gasteiger charge is -2.22. The van der Waals surface area contributed by atoms with E-state index in [1.807, 2.05) is 0 Å². The van der Waals surface area contributed by atoms with Gasteiger partial charge in [0.15, 0.2) is 0 Å². The second-order valence-corrected chi connectivity index (χ2v) is 7.12. The minimum absolute atomic E-state index is 0.245. The minimum atomic E-state index is -3.10. The number of halogens is 1. The van der Waals surface area contributed by atoms with Crippen molar-refractivity contribution >= 4 is 32.6 Å². The van der Waals surface area contributed by atoms with E-state index in [0.29, 0.717) is 32.6 Å². The van der Waals surface area contributed by atoms with Gasteiger partial charge in [-0.15, -0.1) is 0 Å². The average molecular weight is 361 g/mol. The standard InChI is InChI=1S/C10H20INO3S/c11-6-2-1-3-7-12-16(13,14)10-4-8-15-9-5-10/h10,12H,1-9H2. The van der Waals surface area contributed by atoms with Crippen molar-refractivity contribution in [1.82, 2.24) is 4.72 Å². The van der Waals surface area contributed by atoms with Gasteiger partial charge in [0.25, 0.3) is 0 Å². The lowest BCUT2D eigenvalue weighted by molar-refractivity contribution is 0.0981. The molecule has 1 aliphatic heterocycles. The second kappa shape index (κ2) is 7.84. The first-order valence-corrected chi connectivity index (χ1v) is 8.86. The molecule has 0 aromatic heterocycles. The minimum Gasteiger partial charge on any atom is -0.381 e. The highest BCUT2D eigenvalue weighted by molar-refractivity contribution is 14.1. The van der Waals surface area contributed by atoms with Crippen molar-refractivity contribution in [2.24, 2.45) is 0 Å². The van der Waals surface area contributed by atoms with E-state index in [1.54, 1.807) is 0 Å². The van der Waals surface area contributed by atoms with Crippen molar-refractivity contribution in [3.8, 4) is 0 Å². The summed E-state index contributed by atoms with van der Waals surface area (Å²) in [4.78, 5) is 0. The summed E-state index contributed by atoms with van der Waals surface area (Å²) >= 11 is 2.34. The van der Waals surface area contributed by atoms with Crippen LogP contribution in [0.15, 0.2) is 0 Å². The Balaban J connectivity index is 2.22. The zero-order valence-electron chi connectivity index (χ0n) is 9.45. The smallest absolute Gasteiger partial charge is 0.214 e. The number of ether oxygens (including phenoxy) is 1. The molecule has 0 amide bonds. The average Bonchev–Trinajstić information content (AvgIpc) is 2.30. The first-order valence-electron chi connectivity index (χ1n) is 5.79. The Labute approximate surface area is 112 Å². The molecule has 6 heteroatoms. The van der Waals surface area contributed by atoms with Crippen LogP contribution in [0.2, 0.25) is 0 Å². The fourth-order valence-corrected chi connectivity index (χ4v) is 3.73. The van der Waals surface area contributed by atoms with Crippen LogP contribution < -0.4 is 4.72 Å². The molecule has 16 heavy (non-hydrogen) atoms. The molecule has 4 nitrogen and oxygen atoms in total. The zero-order valence-corrected chi connectivity index (χ0v) is 12.4. The van der Waals surface area contributed by atoms with Crippen LogP contribution in [0.25, 0.3) is 0 Å². The van der Waals surface area contributed by atoms with Crippen molar-refractivity contribution < 1.29 is 13.2 Å². The van der Waals surface area contributed by atoms with Gasteiger partial charge in [-0.25, -0.2) is 13.1 Å². The van der Waals surface area contributed by atoms with Crippen LogP contribution in [-0.4, -0.2) is 37.9 Å². The van der Waals surface area contributed by atoms with Crippen molar-refractivity contribution in [3.05, 3.63) is 0 Å². The molecule has 96 valence electrons. The summed E-state index contributed by atoms with van der Waals surface area (Å²) in [7, 11) is -3.10. The molecular weight excluding hydrogens is 341 g/mol. The highest BCUT2D eigenvalue weighted by Crippen LogP contribution is 2.14. The van der Waals surface area contributed by atoms with Crippen molar-refractivity contribution in [3.63, 3.8) is 0 Å². The third-order valence-electron chi connectivity index (χ3n) is 2.72. The summed E-state index contributed by atoms with van der Waals surface area (Å²) < 4.78 is 32.7. The normalized spacial score (nSPS) is 18.8. The SMILES string of the molecule is O=S(=O)(NCCCCCI)C1CCOCC1. The third-order valence-corrected chi connectivity index (χ3v) is 5.44. The topological polar surface area (TPSA) is 55.4 Å². The van der Waals surface area contributed by atoms with Gasteiger partial charge in [0, 0.05) is 19.8 Å². The molecule has 0 aliphatic carbocycles. The molecule has 0 bridgehead atoms. The molecular formula is C10H20INO3S. The number of alkyl halides is 1. The van der Waals surface area contributed by atoms with Crippen molar-refractivity contribution in [2.45, 2.75) is 37.4 Å². The van der Waals surface area contributed by atoms with Gasteiger partial charge < -0.3 is 4.74 Å². The van der Waals surface area contributed by atoms with E-state index < -0.39 is 10.0 Å². The zero-order chi connectivity index (χ0) is 11.9. The van der Waals surface area contributed by atoms with E-state index in [-0.39, 0.29) is 5.25 Å². The first-order chi connectivity index (χ1) is 7.67. The van der Waals surface area contributed by atoms with Crippen molar-refractivity contribution in [1.29, 1.82) is 0 Å². The second-order valence-electron chi connectivity index (χ2n) is 4.00. The Morgan fingerprint density at radius 3 is 2.50 bits per heavy atom. The summed E-state index contributed by atoms with van der Waals surface area (Å²) in [6, 6.07) is 0. The van der Waals surface area contributed by atoms with Gasteiger partial charge in [0.2, 0.25) is 10.0 Å². The van der Waals surface area contributed by atoms with Crippen LogP contribution >= 0.6 is 22.6 Å².